The zero-order chi connectivity index (χ0) is 18.1. The van der Waals surface area contributed by atoms with Gasteiger partial charge in [-0.15, -0.1) is 0 Å². The van der Waals surface area contributed by atoms with Crippen LogP contribution in [0.25, 0.3) is 10.9 Å². The lowest BCUT2D eigenvalue weighted by atomic mass is 10.1. The zero-order valence-corrected chi connectivity index (χ0v) is 16.0. The van der Waals surface area contributed by atoms with Gasteiger partial charge in [0.15, 0.2) is 0 Å². The number of likely N-dealkylation sites (tertiary alicyclic amines) is 1. The number of hydrogen-bond donors (Lipinski definition) is 1. The maximum Gasteiger partial charge on any atom is 0.267 e. The topological polar surface area (TPSA) is 46.5 Å². The molecule has 0 unspecified atom stereocenters. The molecule has 1 aromatic heterocycles. The van der Waals surface area contributed by atoms with Crippen molar-refractivity contribution in [2.45, 2.75) is 45.3 Å². The molecule has 0 spiro atoms. The number of hydrogen-bond acceptors (Lipinski definition) is 3. The molecule has 1 atom stereocenters. The highest BCUT2D eigenvalue weighted by molar-refractivity contribution is 6.36. The van der Waals surface area contributed by atoms with Gasteiger partial charge in [-0.3, -0.25) is 4.79 Å². The summed E-state index contributed by atoms with van der Waals surface area (Å²) in [5.41, 5.74) is 1.61. The predicted molar refractivity (Wildman–Crippen MR) is 104 cm³/mol. The smallest absolute Gasteiger partial charge is 0.267 e. The molecule has 2 aliphatic heterocycles. The summed E-state index contributed by atoms with van der Waals surface area (Å²) in [5, 5.41) is 4.64. The van der Waals surface area contributed by atoms with Gasteiger partial charge in [-0.2, -0.15) is 0 Å². The first-order valence-corrected chi connectivity index (χ1v) is 10.0. The van der Waals surface area contributed by atoms with Gasteiger partial charge >= 0.3 is 0 Å². The summed E-state index contributed by atoms with van der Waals surface area (Å²) in [6, 6.07) is 5.65. The molecule has 5 nitrogen and oxygen atoms in total. The van der Waals surface area contributed by atoms with Gasteiger partial charge in [0.2, 0.25) is 0 Å². The molecule has 0 bridgehead atoms. The van der Waals surface area contributed by atoms with Crippen molar-refractivity contribution < 1.29 is 9.53 Å². The normalized spacial score (nSPS) is 20.2. The number of halogens is 1. The molecule has 0 aliphatic carbocycles. The van der Waals surface area contributed by atoms with Gasteiger partial charge < -0.3 is 19.5 Å². The summed E-state index contributed by atoms with van der Waals surface area (Å²) in [4.78, 5) is 15.3. The van der Waals surface area contributed by atoms with Gasteiger partial charge in [0.1, 0.15) is 17.5 Å². The van der Waals surface area contributed by atoms with E-state index in [4.69, 9.17) is 16.3 Å². The highest BCUT2D eigenvalue weighted by Gasteiger charge is 2.27. The van der Waals surface area contributed by atoms with E-state index in [1.165, 1.54) is 19.3 Å². The number of ether oxygens (including phenoxy) is 1. The number of nitrogens with zero attached hydrogens (tertiary/aromatic N) is 2. The molecule has 1 amide bonds. The highest BCUT2D eigenvalue weighted by Crippen LogP contribution is 2.38. The summed E-state index contributed by atoms with van der Waals surface area (Å²) >= 11 is 6.37. The van der Waals surface area contributed by atoms with Crippen LogP contribution in [-0.2, 0) is 6.54 Å². The Balaban J connectivity index is 1.53. The Kier molecular flexibility index (Phi) is 5.09. The average Bonchev–Trinajstić information content (AvgIpc) is 3.06. The van der Waals surface area contributed by atoms with Crippen LogP contribution < -0.4 is 10.1 Å². The summed E-state index contributed by atoms with van der Waals surface area (Å²) in [6.45, 7) is 6.66. The van der Waals surface area contributed by atoms with E-state index in [-0.39, 0.29) is 12.0 Å². The first-order chi connectivity index (χ1) is 12.7. The Morgan fingerprint density at radius 2 is 2.12 bits per heavy atom. The minimum absolute atomic E-state index is 0.0306. The molecule has 0 saturated carbocycles. The summed E-state index contributed by atoms with van der Waals surface area (Å²) < 4.78 is 8.12. The number of rotatable bonds is 5. The molecule has 2 aromatic rings. The third-order valence-electron chi connectivity index (χ3n) is 5.50. The summed E-state index contributed by atoms with van der Waals surface area (Å²) in [6.07, 6.45) is 4.84. The minimum Gasteiger partial charge on any atom is -0.486 e. The number of aromatic nitrogens is 1. The van der Waals surface area contributed by atoms with Crippen LogP contribution in [0.4, 0.5) is 0 Å². The van der Waals surface area contributed by atoms with E-state index in [1.807, 2.05) is 18.2 Å². The van der Waals surface area contributed by atoms with Gasteiger partial charge in [0, 0.05) is 18.5 Å². The maximum atomic E-state index is 12.8. The Bertz CT molecular complexity index is 811. The van der Waals surface area contributed by atoms with Gasteiger partial charge in [-0.1, -0.05) is 24.9 Å². The fraction of sp³-hybridized carbons (Fsp3) is 0.550. The zero-order valence-electron chi connectivity index (χ0n) is 15.3. The van der Waals surface area contributed by atoms with Crippen molar-refractivity contribution in [3.63, 3.8) is 0 Å². The molecule has 1 saturated heterocycles. The number of amides is 1. The molecule has 26 heavy (non-hydrogen) atoms. The van der Waals surface area contributed by atoms with Crippen LogP contribution in [0.3, 0.4) is 0 Å². The van der Waals surface area contributed by atoms with Crippen LogP contribution in [0.15, 0.2) is 18.2 Å². The third-order valence-corrected chi connectivity index (χ3v) is 5.83. The number of benzene rings is 1. The van der Waals surface area contributed by atoms with Gasteiger partial charge in [-0.25, -0.2) is 0 Å². The SMILES string of the molecule is CC[C@@H]1Cn2c(C(=O)NCCN3CCCCC3)cc3c(Cl)ccc(c32)O1. The Morgan fingerprint density at radius 1 is 1.31 bits per heavy atom. The standard InChI is InChI=1S/C20H26ClN3O2/c1-2-14-13-24-17(12-15-16(21)6-7-18(26-14)19(15)24)20(25)22-8-11-23-9-4-3-5-10-23/h6-7,12,14H,2-5,8-11,13H2,1H3,(H,22,25)/t14-/m1/s1. The van der Waals surface area contributed by atoms with Crippen molar-refractivity contribution in [2.24, 2.45) is 0 Å². The summed E-state index contributed by atoms with van der Waals surface area (Å²) in [5.74, 6) is 0.784. The molecule has 1 aromatic carbocycles. The third kappa shape index (κ3) is 3.30. The second kappa shape index (κ2) is 7.49. The lowest BCUT2D eigenvalue weighted by Crippen LogP contribution is -2.38. The van der Waals surface area contributed by atoms with Crippen molar-refractivity contribution in [1.29, 1.82) is 0 Å². The van der Waals surface area contributed by atoms with Crippen molar-refractivity contribution in [3.8, 4) is 5.75 Å². The van der Waals surface area contributed by atoms with Crippen molar-refractivity contribution in [2.75, 3.05) is 26.2 Å². The lowest BCUT2D eigenvalue weighted by molar-refractivity contribution is 0.0931. The first kappa shape index (κ1) is 17.7. The largest absolute Gasteiger partial charge is 0.486 e. The second-order valence-electron chi connectivity index (χ2n) is 7.25. The van der Waals surface area contributed by atoms with E-state index in [9.17, 15) is 4.79 Å². The van der Waals surface area contributed by atoms with E-state index in [0.29, 0.717) is 23.8 Å². The summed E-state index contributed by atoms with van der Waals surface area (Å²) in [7, 11) is 0. The molecule has 3 heterocycles. The van der Waals surface area contributed by atoms with Crippen molar-refractivity contribution in [3.05, 3.63) is 28.9 Å². The van der Waals surface area contributed by atoms with Gasteiger partial charge in [0.05, 0.1) is 17.1 Å². The Labute approximate surface area is 159 Å². The fourth-order valence-corrected chi connectivity index (χ4v) is 4.23. The molecule has 6 heteroatoms. The van der Waals surface area contributed by atoms with Crippen LogP contribution >= 0.6 is 11.6 Å². The second-order valence-corrected chi connectivity index (χ2v) is 7.66. The number of carbonyl (C=O) groups excluding carboxylic acids is 1. The molecular formula is C20H26ClN3O2. The fourth-order valence-electron chi connectivity index (χ4n) is 4.02. The first-order valence-electron chi connectivity index (χ1n) is 9.66. The Hall–Kier alpha value is -1.72. The quantitative estimate of drug-likeness (QED) is 0.867. The number of piperidine rings is 1. The molecule has 2 aliphatic rings. The van der Waals surface area contributed by atoms with Crippen LogP contribution in [0.1, 0.15) is 43.1 Å². The van der Waals surface area contributed by atoms with Crippen molar-refractivity contribution in [1.82, 2.24) is 14.8 Å². The highest BCUT2D eigenvalue weighted by atomic mass is 35.5. The molecule has 1 N–H and O–H groups in total. The lowest BCUT2D eigenvalue weighted by Gasteiger charge is -2.27. The van der Waals surface area contributed by atoms with Crippen LogP contribution in [0, 0.1) is 0 Å². The molecule has 0 radical (unpaired) electrons. The van der Waals surface area contributed by atoms with E-state index in [1.54, 1.807) is 0 Å². The van der Waals surface area contributed by atoms with Gasteiger partial charge in [-0.05, 0) is 50.6 Å². The van der Waals surface area contributed by atoms with Gasteiger partial charge in [0.25, 0.3) is 5.91 Å². The van der Waals surface area contributed by atoms with E-state index in [0.717, 1.165) is 42.7 Å². The monoisotopic (exact) mass is 375 g/mol. The minimum atomic E-state index is -0.0306. The van der Waals surface area contributed by atoms with E-state index < -0.39 is 0 Å². The maximum absolute atomic E-state index is 12.8. The average molecular weight is 376 g/mol. The van der Waals surface area contributed by atoms with E-state index >= 15 is 0 Å². The van der Waals surface area contributed by atoms with E-state index in [2.05, 4.69) is 21.7 Å². The Morgan fingerprint density at radius 3 is 2.88 bits per heavy atom. The number of nitrogens with one attached hydrogen (secondary N) is 1. The number of carbonyl (C=O) groups is 1. The molecule has 140 valence electrons. The molecule has 1 fully saturated rings. The molecule has 4 rings (SSSR count). The van der Waals surface area contributed by atoms with Crippen LogP contribution in [0.5, 0.6) is 5.75 Å². The molecular weight excluding hydrogens is 350 g/mol. The van der Waals surface area contributed by atoms with Crippen LogP contribution in [-0.4, -0.2) is 47.7 Å². The predicted octanol–water partition coefficient (Wildman–Crippen LogP) is 3.68. The van der Waals surface area contributed by atoms with Crippen molar-refractivity contribution >= 4 is 28.4 Å². The van der Waals surface area contributed by atoms with Crippen LogP contribution in [0.2, 0.25) is 5.02 Å².